The van der Waals surface area contributed by atoms with E-state index in [-0.39, 0.29) is 6.10 Å². The van der Waals surface area contributed by atoms with Gasteiger partial charge in [0.25, 0.3) is 0 Å². The Morgan fingerprint density at radius 2 is 2.00 bits per heavy atom. The topological polar surface area (TPSA) is 20.2 Å². The predicted octanol–water partition coefficient (Wildman–Crippen LogP) is 3.06. The van der Waals surface area contributed by atoms with Gasteiger partial charge in [-0.3, -0.25) is 0 Å². The molecule has 0 aliphatic carbocycles. The van der Waals surface area contributed by atoms with Crippen molar-refractivity contribution in [1.29, 1.82) is 0 Å². The molecule has 0 bridgehead atoms. The summed E-state index contributed by atoms with van der Waals surface area (Å²) in [6.45, 7) is 4.09. The van der Waals surface area contributed by atoms with E-state index >= 15 is 0 Å². The van der Waals surface area contributed by atoms with E-state index in [1.165, 1.54) is 0 Å². The highest BCUT2D eigenvalue weighted by Gasteiger charge is 1.98. The van der Waals surface area contributed by atoms with Crippen molar-refractivity contribution in [3.8, 4) is 0 Å². The summed E-state index contributed by atoms with van der Waals surface area (Å²) in [7, 11) is 0. The van der Waals surface area contributed by atoms with Crippen molar-refractivity contribution in [2.24, 2.45) is 0 Å². The maximum Gasteiger partial charge on any atom is 0.0543 e. The zero-order valence-electron chi connectivity index (χ0n) is 8.16. The number of aliphatic hydroxyl groups is 1. The molecule has 0 aromatic carbocycles. The molecular weight excluding hydrogens is 148 g/mol. The molecule has 1 atom stereocenters. The average Bonchev–Trinajstić information content (AvgIpc) is 2.05. The number of aliphatic hydroxyl groups excluding tert-OH is 1. The first kappa shape index (κ1) is 11.4. The number of hydrogen-bond acceptors (Lipinski definition) is 1. The summed E-state index contributed by atoms with van der Waals surface area (Å²) in [5, 5.41) is 9.35. The SMILES string of the molecule is C/C=C/C=C/CC[C@H](O)CCC. The van der Waals surface area contributed by atoms with Crippen LogP contribution in [0.2, 0.25) is 0 Å². The van der Waals surface area contributed by atoms with Gasteiger partial charge in [0.05, 0.1) is 6.10 Å². The molecule has 0 saturated heterocycles. The molecule has 0 aromatic rings. The minimum absolute atomic E-state index is 0.106. The second kappa shape index (κ2) is 8.54. The van der Waals surface area contributed by atoms with Gasteiger partial charge >= 0.3 is 0 Å². The van der Waals surface area contributed by atoms with Gasteiger partial charge in [0.15, 0.2) is 0 Å². The first-order valence-electron chi connectivity index (χ1n) is 4.77. The molecular formula is C11H20O. The van der Waals surface area contributed by atoms with E-state index in [1.807, 2.05) is 25.2 Å². The van der Waals surface area contributed by atoms with Crippen LogP contribution in [0.3, 0.4) is 0 Å². The molecule has 1 nitrogen and oxygen atoms in total. The van der Waals surface area contributed by atoms with Crippen molar-refractivity contribution in [2.75, 3.05) is 0 Å². The van der Waals surface area contributed by atoms with Crippen LogP contribution in [0.15, 0.2) is 24.3 Å². The number of allylic oxidation sites excluding steroid dienone is 4. The second-order valence-corrected chi connectivity index (χ2v) is 2.97. The van der Waals surface area contributed by atoms with Crippen LogP contribution in [0.5, 0.6) is 0 Å². The third kappa shape index (κ3) is 7.55. The molecule has 0 aliphatic rings. The molecule has 12 heavy (non-hydrogen) atoms. The lowest BCUT2D eigenvalue weighted by Crippen LogP contribution is -2.04. The van der Waals surface area contributed by atoms with Gasteiger partial charge in [-0.1, -0.05) is 37.6 Å². The van der Waals surface area contributed by atoms with Gasteiger partial charge in [0.2, 0.25) is 0 Å². The van der Waals surface area contributed by atoms with Gasteiger partial charge < -0.3 is 5.11 Å². The fraction of sp³-hybridized carbons (Fsp3) is 0.636. The third-order valence-electron chi connectivity index (χ3n) is 1.73. The molecule has 1 N–H and O–H groups in total. The summed E-state index contributed by atoms with van der Waals surface area (Å²) in [5.41, 5.74) is 0. The van der Waals surface area contributed by atoms with E-state index in [0.717, 1.165) is 25.7 Å². The molecule has 0 amide bonds. The Morgan fingerprint density at radius 1 is 1.25 bits per heavy atom. The molecule has 0 fully saturated rings. The highest BCUT2D eigenvalue weighted by Crippen LogP contribution is 2.04. The summed E-state index contributed by atoms with van der Waals surface area (Å²) < 4.78 is 0. The Balaban J connectivity index is 3.29. The maximum absolute atomic E-state index is 9.35. The Morgan fingerprint density at radius 3 is 2.58 bits per heavy atom. The molecule has 0 rings (SSSR count). The lowest BCUT2D eigenvalue weighted by atomic mass is 10.1. The fourth-order valence-corrected chi connectivity index (χ4v) is 1.05. The lowest BCUT2D eigenvalue weighted by molar-refractivity contribution is 0.155. The van der Waals surface area contributed by atoms with Gasteiger partial charge in [-0.15, -0.1) is 0 Å². The van der Waals surface area contributed by atoms with Crippen molar-refractivity contribution in [2.45, 2.75) is 45.6 Å². The van der Waals surface area contributed by atoms with Gasteiger partial charge in [0, 0.05) is 0 Å². The third-order valence-corrected chi connectivity index (χ3v) is 1.73. The molecule has 0 aliphatic heterocycles. The van der Waals surface area contributed by atoms with Crippen LogP contribution in [0.4, 0.5) is 0 Å². The van der Waals surface area contributed by atoms with Crippen molar-refractivity contribution in [3.63, 3.8) is 0 Å². The van der Waals surface area contributed by atoms with Crippen molar-refractivity contribution >= 4 is 0 Å². The Labute approximate surface area is 75.8 Å². The second-order valence-electron chi connectivity index (χ2n) is 2.97. The van der Waals surface area contributed by atoms with Gasteiger partial charge in [-0.05, 0) is 26.2 Å². The maximum atomic E-state index is 9.35. The smallest absolute Gasteiger partial charge is 0.0543 e. The number of hydrogen-bond donors (Lipinski definition) is 1. The van der Waals surface area contributed by atoms with Crippen molar-refractivity contribution in [3.05, 3.63) is 24.3 Å². The zero-order chi connectivity index (χ0) is 9.23. The fourth-order valence-electron chi connectivity index (χ4n) is 1.05. The summed E-state index contributed by atoms with van der Waals surface area (Å²) in [5.74, 6) is 0. The Bertz CT molecular complexity index is 136. The van der Waals surface area contributed by atoms with Crippen molar-refractivity contribution in [1.82, 2.24) is 0 Å². The quantitative estimate of drug-likeness (QED) is 0.604. The van der Waals surface area contributed by atoms with Gasteiger partial charge in [0.1, 0.15) is 0 Å². The predicted molar refractivity (Wildman–Crippen MR) is 54.1 cm³/mol. The standard InChI is InChI=1S/C11H20O/c1-3-5-6-7-8-10-11(12)9-4-2/h3,5-7,11-12H,4,8-10H2,1-2H3/b5-3+,7-6+/t11-/m1/s1. The summed E-state index contributed by atoms with van der Waals surface area (Å²) in [6, 6.07) is 0. The first-order valence-corrected chi connectivity index (χ1v) is 4.77. The van der Waals surface area contributed by atoms with Gasteiger partial charge in [-0.25, -0.2) is 0 Å². The highest BCUT2D eigenvalue weighted by atomic mass is 16.3. The molecule has 70 valence electrons. The summed E-state index contributed by atoms with van der Waals surface area (Å²) in [6.07, 6.45) is 11.9. The highest BCUT2D eigenvalue weighted by molar-refractivity contribution is 5.00. The molecule has 0 heterocycles. The van der Waals surface area contributed by atoms with E-state index < -0.39 is 0 Å². The Kier molecular flexibility index (Phi) is 8.14. The van der Waals surface area contributed by atoms with E-state index in [4.69, 9.17) is 0 Å². The van der Waals surface area contributed by atoms with E-state index in [2.05, 4.69) is 13.0 Å². The van der Waals surface area contributed by atoms with Crippen LogP contribution in [-0.4, -0.2) is 11.2 Å². The first-order chi connectivity index (χ1) is 5.81. The molecule has 0 unspecified atom stereocenters. The monoisotopic (exact) mass is 168 g/mol. The van der Waals surface area contributed by atoms with Crippen LogP contribution in [0.1, 0.15) is 39.5 Å². The summed E-state index contributed by atoms with van der Waals surface area (Å²) >= 11 is 0. The molecule has 0 saturated carbocycles. The molecule has 1 heteroatoms. The summed E-state index contributed by atoms with van der Waals surface area (Å²) in [4.78, 5) is 0. The average molecular weight is 168 g/mol. The molecule has 0 aromatic heterocycles. The van der Waals surface area contributed by atoms with E-state index in [1.54, 1.807) is 0 Å². The normalized spacial score (nSPS) is 14.6. The van der Waals surface area contributed by atoms with Crippen LogP contribution < -0.4 is 0 Å². The Hall–Kier alpha value is -0.560. The van der Waals surface area contributed by atoms with Crippen LogP contribution in [-0.2, 0) is 0 Å². The largest absolute Gasteiger partial charge is 0.393 e. The van der Waals surface area contributed by atoms with Crippen LogP contribution in [0, 0.1) is 0 Å². The molecule has 0 radical (unpaired) electrons. The van der Waals surface area contributed by atoms with Gasteiger partial charge in [-0.2, -0.15) is 0 Å². The van der Waals surface area contributed by atoms with Crippen LogP contribution in [0.25, 0.3) is 0 Å². The lowest BCUT2D eigenvalue weighted by Gasteiger charge is -2.05. The zero-order valence-corrected chi connectivity index (χ0v) is 8.16. The minimum atomic E-state index is -0.106. The van der Waals surface area contributed by atoms with E-state index in [9.17, 15) is 5.11 Å². The van der Waals surface area contributed by atoms with Crippen LogP contribution >= 0.6 is 0 Å². The number of rotatable bonds is 6. The molecule has 0 spiro atoms. The van der Waals surface area contributed by atoms with E-state index in [0.29, 0.717) is 0 Å². The van der Waals surface area contributed by atoms with Crippen molar-refractivity contribution < 1.29 is 5.11 Å². The minimum Gasteiger partial charge on any atom is -0.393 e.